The third-order valence-electron chi connectivity index (χ3n) is 2.76. The maximum absolute atomic E-state index is 12.1. The van der Waals surface area contributed by atoms with Gasteiger partial charge in [-0.2, -0.15) is 13.2 Å². The van der Waals surface area contributed by atoms with E-state index in [1.807, 2.05) is 13.8 Å². The van der Waals surface area contributed by atoms with Gasteiger partial charge in [0.2, 0.25) is 0 Å². The molecule has 0 radical (unpaired) electrons. The van der Waals surface area contributed by atoms with Crippen molar-refractivity contribution in [2.75, 3.05) is 0 Å². The number of rotatable bonds is 4. The first-order valence-corrected chi connectivity index (χ1v) is 6.26. The molecule has 0 fully saturated rings. The van der Waals surface area contributed by atoms with E-state index in [1.165, 1.54) is 12.1 Å². The van der Waals surface area contributed by atoms with Crippen molar-refractivity contribution < 1.29 is 13.2 Å². The van der Waals surface area contributed by atoms with Crippen LogP contribution in [0, 0.1) is 5.92 Å². The fourth-order valence-electron chi connectivity index (χ4n) is 1.47. The molecule has 2 atom stereocenters. The van der Waals surface area contributed by atoms with Crippen molar-refractivity contribution in [3.8, 4) is 0 Å². The van der Waals surface area contributed by atoms with E-state index in [0.29, 0.717) is 5.92 Å². The molecule has 0 aliphatic carbocycles. The number of nitrogens with two attached hydrogens (primary N) is 1. The van der Waals surface area contributed by atoms with E-state index in [9.17, 15) is 13.2 Å². The van der Waals surface area contributed by atoms with Crippen molar-refractivity contribution >= 4 is 11.8 Å². The Hall–Kier alpha value is -0.680. The molecule has 1 rings (SSSR count). The normalized spacial score (nSPS) is 15.6. The molecule has 0 aliphatic rings. The van der Waals surface area contributed by atoms with Crippen LogP contribution in [0.25, 0.3) is 0 Å². The Bertz CT molecular complexity index is 348. The number of thioether (sulfide) groups is 1. The summed E-state index contributed by atoms with van der Waals surface area (Å²) in [5.41, 5.74) is 2.64. The predicted octanol–water partition coefficient (Wildman–Crippen LogP) is 4.34. The maximum Gasteiger partial charge on any atom is 0.446 e. The fraction of sp³-hybridized carbons (Fsp3) is 0.500. The van der Waals surface area contributed by atoms with Crippen molar-refractivity contribution in [2.45, 2.75) is 36.7 Å². The molecule has 0 saturated heterocycles. The third kappa shape index (κ3) is 4.60. The highest BCUT2D eigenvalue weighted by Crippen LogP contribution is 2.37. The lowest BCUT2D eigenvalue weighted by atomic mass is 9.93. The number of alkyl halides is 3. The van der Waals surface area contributed by atoms with Crippen LogP contribution in [0.4, 0.5) is 13.2 Å². The quantitative estimate of drug-likeness (QED) is 0.817. The van der Waals surface area contributed by atoms with Crippen LogP contribution in [0.1, 0.15) is 31.9 Å². The topological polar surface area (TPSA) is 26.0 Å². The lowest BCUT2D eigenvalue weighted by molar-refractivity contribution is -0.0328. The summed E-state index contributed by atoms with van der Waals surface area (Å²) < 4.78 is 36.4. The summed E-state index contributed by atoms with van der Waals surface area (Å²) in [7, 11) is 0. The highest BCUT2D eigenvalue weighted by Gasteiger charge is 2.29. The molecule has 1 aromatic rings. The summed E-state index contributed by atoms with van der Waals surface area (Å²) in [6, 6.07) is 6.16. The SMILES string of the molecule is CCC(C)[C@H](N)c1ccc(SC(F)(F)F)cc1. The van der Waals surface area contributed by atoms with Gasteiger partial charge in [-0.05, 0) is 35.4 Å². The van der Waals surface area contributed by atoms with Crippen LogP contribution >= 0.6 is 11.8 Å². The van der Waals surface area contributed by atoms with E-state index in [0.717, 1.165) is 12.0 Å². The van der Waals surface area contributed by atoms with Gasteiger partial charge in [0, 0.05) is 10.9 Å². The second-order valence-electron chi connectivity index (χ2n) is 4.03. The monoisotopic (exact) mass is 263 g/mol. The highest BCUT2D eigenvalue weighted by molar-refractivity contribution is 8.00. The Kier molecular flexibility index (Phi) is 4.89. The molecule has 1 aromatic carbocycles. The molecular formula is C12H16F3NS. The summed E-state index contributed by atoms with van der Waals surface area (Å²) in [5, 5.41) is 0. The minimum absolute atomic E-state index is 0.106. The van der Waals surface area contributed by atoms with Gasteiger partial charge in [0.15, 0.2) is 0 Å². The van der Waals surface area contributed by atoms with Crippen LogP contribution in [0.2, 0.25) is 0 Å². The van der Waals surface area contributed by atoms with Gasteiger partial charge >= 0.3 is 5.51 Å². The molecule has 17 heavy (non-hydrogen) atoms. The second kappa shape index (κ2) is 5.78. The zero-order valence-corrected chi connectivity index (χ0v) is 10.6. The van der Waals surface area contributed by atoms with Gasteiger partial charge in [-0.1, -0.05) is 32.4 Å². The third-order valence-corrected chi connectivity index (χ3v) is 3.49. The average molecular weight is 263 g/mol. The Morgan fingerprint density at radius 3 is 2.18 bits per heavy atom. The first-order valence-electron chi connectivity index (χ1n) is 5.44. The average Bonchev–Trinajstić information content (AvgIpc) is 2.26. The molecule has 0 spiro atoms. The number of hydrogen-bond acceptors (Lipinski definition) is 2. The molecule has 0 amide bonds. The molecule has 2 N–H and O–H groups in total. The highest BCUT2D eigenvalue weighted by atomic mass is 32.2. The molecule has 0 aliphatic heterocycles. The first-order chi connectivity index (χ1) is 7.83. The van der Waals surface area contributed by atoms with Gasteiger partial charge < -0.3 is 5.73 Å². The lowest BCUT2D eigenvalue weighted by Crippen LogP contribution is -2.18. The summed E-state index contributed by atoms with van der Waals surface area (Å²) in [4.78, 5) is 0.192. The molecule has 0 saturated carbocycles. The number of hydrogen-bond donors (Lipinski definition) is 1. The number of halogens is 3. The van der Waals surface area contributed by atoms with Gasteiger partial charge in [0.1, 0.15) is 0 Å². The van der Waals surface area contributed by atoms with E-state index in [4.69, 9.17) is 5.73 Å². The van der Waals surface area contributed by atoms with Crippen LogP contribution in [0.3, 0.4) is 0 Å². The van der Waals surface area contributed by atoms with Crippen molar-refractivity contribution in [1.29, 1.82) is 0 Å². The van der Waals surface area contributed by atoms with Crippen LogP contribution in [-0.2, 0) is 0 Å². The van der Waals surface area contributed by atoms with Crippen molar-refractivity contribution in [1.82, 2.24) is 0 Å². The van der Waals surface area contributed by atoms with Crippen molar-refractivity contribution in [3.05, 3.63) is 29.8 Å². The van der Waals surface area contributed by atoms with E-state index in [2.05, 4.69) is 0 Å². The van der Waals surface area contributed by atoms with Gasteiger partial charge in [0.25, 0.3) is 0 Å². The molecule has 1 nitrogen and oxygen atoms in total. The summed E-state index contributed by atoms with van der Waals surface area (Å²) >= 11 is -0.106. The zero-order valence-electron chi connectivity index (χ0n) is 9.79. The van der Waals surface area contributed by atoms with Gasteiger partial charge in [-0.15, -0.1) is 0 Å². The molecular weight excluding hydrogens is 247 g/mol. The van der Waals surface area contributed by atoms with Crippen molar-refractivity contribution in [2.24, 2.45) is 11.7 Å². The molecule has 0 aromatic heterocycles. The Balaban J connectivity index is 2.74. The van der Waals surface area contributed by atoms with E-state index in [1.54, 1.807) is 12.1 Å². The predicted molar refractivity (Wildman–Crippen MR) is 64.7 cm³/mol. The standard InChI is InChI=1S/C12H16F3NS/c1-3-8(2)11(16)9-4-6-10(7-5-9)17-12(13,14)15/h4-8,11H,3,16H2,1-2H3/t8?,11-/m0/s1. The van der Waals surface area contributed by atoms with E-state index in [-0.39, 0.29) is 22.7 Å². The lowest BCUT2D eigenvalue weighted by Gasteiger charge is -2.18. The molecule has 0 heterocycles. The van der Waals surface area contributed by atoms with Crippen LogP contribution in [0.15, 0.2) is 29.2 Å². The van der Waals surface area contributed by atoms with Gasteiger partial charge in [-0.3, -0.25) is 0 Å². The number of benzene rings is 1. The summed E-state index contributed by atoms with van der Waals surface area (Å²) in [5.74, 6) is 0.316. The van der Waals surface area contributed by atoms with E-state index >= 15 is 0 Å². The minimum Gasteiger partial charge on any atom is -0.324 e. The molecule has 1 unspecified atom stereocenters. The fourth-order valence-corrected chi connectivity index (χ4v) is 2.01. The Morgan fingerprint density at radius 1 is 1.24 bits per heavy atom. The molecule has 96 valence electrons. The van der Waals surface area contributed by atoms with Gasteiger partial charge in [0.05, 0.1) is 0 Å². The van der Waals surface area contributed by atoms with Gasteiger partial charge in [-0.25, -0.2) is 0 Å². The minimum atomic E-state index is -4.24. The van der Waals surface area contributed by atoms with Crippen molar-refractivity contribution in [3.63, 3.8) is 0 Å². The largest absolute Gasteiger partial charge is 0.446 e. The smallest absolute Gasteiger partial charge is 0.324 e. The zero-order chi connectivity index (χ0) is 13.1. The molecule has 5 heteroatoms. The summed E-state index contributed by atoms with van der Waals surface area (Å²) in [6.45, 7) is 4.07. The van der Waals surface area contributed by atoms with Crippen LogP contribution in [0.5, 0.6) is 0 Å². The summed E-state index contributed by atoms with van der Waals surface area (Å²) in [6.07, 6.45) is 0.945. The first kappa shape index (κ1) is 14.4. The second-order valence-corrected chi connectivity index (χ2v) is 5.17. The Morgan fingerprint density at radius 2 is 1.76 bits per heavy atom. The van der Waals surface area contributed by atoms with E-state index < -0.39 is 5.51 Å². The van der Waals surface area contributed by atoms with Crippen LogP contribution < -0.4 is 5.73 Å². The molecule has 0 bridgehead atoms. The Labute approximate surface area is 104 Å². The maximum atomic E-state index is 12.1. The van der Waals surface area contributed by atoms with Crippen LogP contribution in [-0.4, -0.2) is 5.51 Å².